The normalized spacial score (nSPS) is 15.3. The van der Waals surface area contributed by atoms with Crippen LogP contribution in [0.4, 0.5) is 0 Å². The number of phenols is 2. The summed E-state index contributed by atoms with van der Waals surface area (Å²) in [5.74, 6) is 0.591. The van der Waals surface area contributed by atoms with E-state index in [-0.39, 0.29) is 0 Å². The molecule has 0 fully saturated rings. The zero-order chi connectivity index (χ0) is 33.4. The standard InChI is InChI=1S/C42H34O2S4/c1-21(41-45-23(3)24(4)46-41)27-15-17-31-35(19-27)39(43)33-13-9-7-11-29(33)37(31)38-30-12-8-10-14-34(30)40(44)36-20-28(16-18-32(36)38)22(2)42-47-25(5)26(6)48-42/h7-20,43-44H,1-6H3. The van der Waals surface area contributed by atoms with E-state index in [0.717, 1.165) is 65.3 Å². The fraction of sp³-hybridized carbons (Fsp3) is 0.143. The molecular formula is C42H34O2S4. The van der Waals surface area contributed by atoms with Gasteiger partial charge >= 0.3 is 0 Å². The van der Waals surface area contributed by atoms with Crippen LogP contribution in [0.3, 0.4) is 0 Å². The molecule has 0 spiro atoms. The molecule has 48 heavy (non-hydrogen) atoms. The molecule has 0 bridgehead atoms. The molecule has 0 aliphatic carbocycles. The number of fused-ring (bicyclic) bond motifs is 4. The lowest BCUT2D eigenvalue weighted by Crippen LogP contribution is -1.93. The molecular weight excluding hydrogens is 665 g/mol. The van der Waals surface area contributed by atoms with Crippen molar-refractivity contribution in [2.75, 3.05) is 0 Å². The van der Waals surface area contributed by atoms with Gasteiger partial charge in [0.1, 0.15) is 11.5 Å². The Bertz CT molecular complexity index is 2320. The van der Waals surface area contributed by atoms with Crippen molar-refractivity contribution in [3.8, 4) is 22.6 Å². The van der Waals surface area contributed by atoms with E-state index in [1.807, 2.05) is 83.4 Å². The van der Waals surface area contributed by atoms with E-state index in [4.69, 9.17) is 0 Å². The van der Waals surface area contributed by atoms with Gasteiger partial charge in [-0.25, -0.2) is 0 Å². The molecule has 0 saturated carbocycles. The number of hydrogen-bond acceptors (Lipinski definition) is 6. The van der Waals surface area contributed by atoms with E-state index in [1.54, 1.807) is 0 Å². The molecule has 2 aliphatic heterocycles. The zero-order valence-electron chi connectivity index (χ0n) is 27.6. The predicted octanol–water partition coefficient (Wildman–Crippen LogP) is 14.2. The maximum absolute atomic E-state index is 11.9. The van der Waals surface area contributed by atoms with Crippen LogP contribution < -0.4 is 0 Å². The first-order valence-corrected chi connectivity index (χ1v) is 19.2. The molecule has 0 atom stereocenters. The molecule has 0 amide bonds. The molecule has 2 N–H and O–H groups in total. The lowest BCUT2D eigenvalue weighted by atomic mass is 9.84. The Kier molecular flexibility index (Phi) is 7.91. The van der Waals surface area contributed by atoms with E-state index in [0.29, 0.717) is 11.5 Å². The van der Waals surface area contributed by atoms with Crippen LogP contribution in [-0.2, 0) is 0 Å². The number of thioether (sulfide) groups is 4. The fourth-order valence-electron chi connectivity index (χ4n) is 6.74. The molecule has 0 aromatic heterocycles. The smallest absolute Gasteiger partial charge is 0.131 e. The van der Waals surface area contributed by atoms with Crippen LogP contribution in [0.15, 0.2) is 113 Å². The second kappa shape index (κ2) is 12.0. The fourth-order valence-corrected chi connectivity index (χ4v) is 11.8. The maximum atomic E-state index is 11.9. The molecule has 238 valence electrons. The minimum absolute atomic E-state index is 0.295. The largest absolute Gasteiger partial charge is 0.507 e. The number of allylic oxidation sites excluding steroid dienone is 6. The third kappa shape index (κ3) is 4.99. The Morgan fingerprint density at radius 1 is 0.417 bits per heavy atom. The topological polar surface area (TPSA) is 40.5 Å². The van der Waals surface area contributed by atoms with Gasteiger partial charge in [0.05, 0.1) is 8.47 Å². The highest BCUT2D eigenvalue weighted by Gasteiger charge is 2.24. The Balaban J connectivity index is 1.43. The second-order valence-electron chi connectivity index (χ2n) is 12.5. The molecule has 2 heterocycles. The van der Waals surface area contributed by atoms with Gasteiger partial charge < -0.3 is 10.2 Å². The number of rotatable bonds is 3. The molecule has 8 rings (SSSR count). The summed E-state index contributed by atoms with van der Waals surface area (Å²) in [6, 6.07) is 29.4. The van der Waals surface area contributed by atoms with Gasteiger partial charge in [0.15, 0.2) is 0 Å². The third-order valence-electron chi connectivity index (χ3n) is 9.69. The molecule has 6 aromatic rings. The lowest BCUT2D eigenvalue weighted by Gasteiger charge is -2.20. The van der Waals surface area contributed by atoms with Crippen LogP contribution in [0.1, 0.15) is 52.7 Å². The highest BCUT2D eigenvalue weighted by atomic mass is 32.2. The van der Waals surface area contributed by atoms with Gasteiger partial charge in [-0.3, -0.25) is 0 Å². The zero-order valence-corrected chi connectivity index (χ0v) is 30.9. The number of benzene rings is 6. The molecule has 0 unspecified atom stereocenters. The average molecular weight is 699 g/mol. The van der Waals surface area contributed by atoms with E-state index in [1.165, 1.54) is 39.2 Å². The predicted molar refractivity (Wildman–Crippen MR) is 218 cm³/mol. The van der Waals surface area contributed by atoms with Crippen molar-refractivity contribution in [2.45, 2.75) is 41.5 Å². The Hall–Kier alpha value is -3.68. The van der Waals surface area contributed by atoms with Gasteiger partial charge in [-0.15, -0.1) is 0 Å². The van der Waals surface area contributed by atoms with Crippen molar-refractivity contribution >= 4 is 101 Å². The van der Waals surface area contributed by atoms with Crippen molar-refractivity contribution in [1.82, 2.24) is 0 Å². The number of phenolic OH excluding ortho intramolecular Hbond substituents is 2. The van der Waals surface area contributed by atoms with Crippen molar-refractivity contribution in [1.29, 1.82) is 0 Å². The summed E-state index contributed by atoms with van der Waals surface area (Å²) >= 11 is 7.33. The monoisotopic (exact) mass is 698 g/mol. The molecule has 2 nitrogen and oxygen atoms in total. The van der Waals surface area contributed by atoms with Crippen LogP contribution in [0.5, 0.6) is 11.5 Å². The van der Waals surface area contributed by atoms with Crippen LogP contribution in [0.2, 0.25) is 0 Å². The highest BCUT2D eigenvalue weighted by Crippen LogP contribution is 2.54. The first-order valence-electron chi connectivity index (χ1n) is 16.0. The Morgan fingerprint density at radius 3 is 1.08 bits per heavy atom. The molecule has 6 heteroatoms. The second-order valence-corrected chi connectivity index (χ2v) is 17.9. The molecule has 0 saturated heterocycles. The van der Waals surface area contributed by atoms with Gasteiger partial charge in [-0.05, 0) is 128 Å². The number of hydrogen-bond donors (Lipinski definition) is 2. The van der Waals surface area contributed by atoms with Gasteiger partial charge in [-0.1, -0.05) is 120 Å². The molecule has 0 radical (unpaired) electrons. The van der Waals surface area contributed by atoms with E-state index in [9.17, 15) is 10.2 Å². The van der Waals surface area contributed by atoms with Crippen molar-refractivity contribution in [2.24, 2.45) is 0 Å². The van der Waals surface area contributed by atoms with Crippen molar-refractivity contribution < 1.29 is 10.2 Å². The average Bonchev–Trinajstić information content (AvgIpc) is 3.63. The summed E-state index contributed by atoms with van der Waals surface area (Å²) in [6.45, 7) is 13.1. The van der Waals surface area contributed by atoms with Crippen LogP contribution in [0.25, 0.3) is 65.4 Å². The summed E-state index contributed by atoms with van der Waals surface area (Å²) in [5.41, 5.74) is 6.77. The third-order valence-corrected chi connectivity index (χ3v) is 15.4. The summed E-state index contributed by atoms with van der Waals surface area (Å²) in [4.78, 5) is 5.37. The molecule has 6 aromatic carbocycles. The summed E-state index contributed by atoms with van der Waals surface area (Å²) < 4.78 is 2.58. The first kappa shape index (κ1) is 31.6. The Morgan fingerprint density at radius 2 is 0.729 bits per heavy atom. The van der Waals surface area contributed by atoms with Crippen molar-refractivity contribution in [3.05, 3.63) is 124 Å². The maximum Gasteiger partial charge on any atom is 0.131 e. The van der Waals surface area contributed by atoms with Gasteiger partial charge in [-0.2, -0.15) is 0 Å². The van der Waals surface area contributed by atoms with Gasteiger partial charge in [0.25, 0.3) is 0 Å². The SMILES string of the molecule is CC1=C(C)SC(=C(C)c2ccc3c(-c4c5ccccc5c(O)c5cc(C(C)=C6SC(C)=C(C)S6)ccc45)c4ccccc4c(O)c3c2)S1. The summed E-state index contributed by atoms with van der Waals surface area (Å²) in [6.07, 6.45) is 0. The van der Waals surface area contributed by atoms with E-state index < -0.39 is 0 Å². The van der Waals surface area contributed by atoms with Crippen LogP contribution >= 0.6 is 47.0 Å². The van der Waals surface area contributed by atoms with Crippen molar-refractivity contribution in [3.63, 3.8) is 0 Å². The molecule has 2 aliphatic rings. The van der Waals surface area contributed by atoms with Gasteiger partial charge in [0, 0.05) is 21.5 Å². The van der Waals surface area contributed by atoms with Gasteiger partial charge in [0.2, 0.25) is 0 Å². The van der Waals surface area contributed by atoms with E-state index in [2.05, 4.69) is 90.1 Å². The highest BCUT2D eigenvalue weighted by molar-refractivity contribution is 8.29. The van der Waals surface area contributed by atoms with Crippen LogP contribution in [0, 0.1) is 0 Å². The van der Waals surface area contributed by atoms with E-state index >= 15 is 0 Å². The quantitative estimate of drug-likeness (QED) is 0.179. The minimum atomic E-state index is 0.295. The minimum Gasteiger partial charge on any atom is -0.507 e. The summed E-state index contributed by atoms with van der Waals surface area (Å²) in [5, 5.41) is 30.9. The Labute approximate surface area is 298 Å². The summed E-state index contributed by atoms with van der Waals surface area (Å²) in [7, 11) is 0. The first-order chi connectivity index (χ1) is 23.1. The lowest BCUT2D eigenvalue weighted by molar-refractivity contribution is 0.487. The van der Waals surface area contributed by atoms with Crippen LogP contribution in [-0.4, -0.2) is 10.2 Å². The number of aromatic hydroxyl groups is 2.